The second-order valence-electron chi connectivity index (χ2n) is 7.91. The van der Waals surface area contributed by atoms with Crippen molar-refractivity contribution in [1.29, 1.82) is 0 Å². The monoisotopic (exact) mass is 432 g/mol. The largest absolute Gasteiger partial charge is 0.338 e. The Bertz CT molecular complexity index is 945. The Morgan fingerprint density at radius 3 is 2.55 bits per heavy atom. The lowest BCUT2D eigenvalue weighted by Crippen LogP contribution is -2.39. The fourth-order valence-electron chi connectivity index (χ4n) is 4.65. The Labute approximate surface area is 182 Å². The maximum absolute atomic E-state index is 12.5. The average Bonchev–Trinajstić information content (AvgIpc) is 3.25. The lowest BCUT2D eigenvalue weighted by atomic mass is 9.89. The number of rotatable bonds is 4. The molecule has 5 nitrogen and oxygen atoms in total. The number of aromatic amines is 1. The number of benzene rings is 2. The van der Waals surface area contributed by atoms with E-state index in [1.54, 1.807) is 0 Å². The quantitative estimate of drug-likeness (QED) is 0.546. The molecule has 3 aromatic rings. The summed E-state index contributed by atoms with van der Waals surface area (Å²) in [6, 6.07) is 17.1. The Hall–Kier alpha value is -2.08. The molecule has 154 valence electrons. The summed E-state index contributed by atoms with van der Waals surface area (Å²) in [5.74, 6) is 1.44. The molecular formula is C22H26Cl2N4O. The molecule has 29 heavy (non-hydrogen) atoms. The molecule has 1 amide bonds. The molecule has 5 rings (SSSR count). The summed E-state index contributed by atoms with van der Waals surface area (Å²) in [6.07, 6.45) is 5.40. The molecule has 1 aromatic heterocycles. The highest BCUT2D eigenvalue weighted by molar-refractivity contribution is 5.91. The van der Waals surface area contributed by atoms with Gasteiger partial charge in [0.15, 0.2) is 0 Å². The summed E-state index contributed by atoms with van der Waals surface area (Å²) in [7, 11) is 0. The summed E-state index contributed by atoms with van der Waals surface area (Å²) in [5, 5.41) is 6.72. The van der Waals surface area contributed by atoms with Crippen LogP contribution in [0, 0.1) is 5.92 Å². The lowest BCUT2D eigenvalue weighted by Gasteiger charge is -2.28. The van der Waals surface area contributed by atoms with Crippen molar-refractivity contribution >= 4 is 47.4 Å². The molecule has 7 heteroatoms. The van der Waals surface area contributed by atoms with Crippen molar-refractivity contribution in [2.24, 2.45) is 5.92 Å². The van der Waals surface area contributed by atoms with Gasteiger partial charge in [-0.3, -0.25) is 4.79 Å². The average molecular weight is 433 g/mol. The number of halogens is 2. The van der Waals surface area contributed by atoms with E-state index in [1.807, 2.05) is 48.5 Å². The molecule has 2 saturated heterocycles. The van der Waals surface area contributed by atoms with E-state index in [-0.39, 0.29) is 30.7 Å². The number of para-hydroxylation sites is 2. The van der Waals surface area contributed by atoms with Gasteiger partial charge in [0.1, 0.15) is 5.82 Å². The number of aromatic nitrogens is 2. The van der Waals surface area contributed by atoms with Gasteiger partial charge in [0.25, 0.3) is 0 Å². The number of piperidine rings is 1. The van der Waals surface area contributed by atoms with E-state index in [9.17, 15) is 4.79 Å². The van der Waals surface area contributed by atoms with Gasteiger partial charge in [0, 0.05) is 29.8 Å². The van der Waals surface area contributed by atoms with Gasteiger partial charge in [-0.15, -0.1) is 24.8 Å². The van der Waals surface area contributed by atoms with E-state index >= 15 is 0 Å². The molecular weight excluding hydrogens is 407 g/mol. The third kappa shape index (κ3) is 4.74. The van der Waals surface area contributed by atoms with Crippen LogP contribution in [0.25, 0.3) is 22.4 Å². The van der Waals surface area contributed by atoms with Gasteiger partial charge >= 0.3 is 0 Å². The number of nitrogens with one attached hydrogen (secondary N) is 3. The zero-order chi connectivity index (χ0) is 18.2. The maximum Gasteiger partial charge on any atom is 0.224 e. The Kier molecular flexibility index (Phi) is 6.83. The van der Waals surface area contributed by atoms with Crippen LogP contribution in [0.1, 0.15) is 32.1 Å². The Morgan fingerprint density at radius 1 is 1.03 bits per heavy atom. The van der Waals surface area contributed by atoms with Crippen LogP contribution in [-0.4, -0.2) is 28.0 Å². The molecule has 0 spiro atoms. The van der Waals surface area contributed by atoms with Crippen LogP contribution >= 0.6 is 24.8 Å². The number of H-pyrrole nitrogens is 1. The first-order chi connectivity index (χ1) is 13.2. The van der Waals surface area contributed by atoms with Gasteiger partial charge in [-0.2, -0.15) is 0 Å². The van der Waals surface area contributed by atoms with Gasteiger partial charge in [0.05, 0.1) is 11.0 Å². The van der Waals surface area contributed by atoms with Gasteiger partial charge in [-0.05, 0) is 55.9 Å². The topological polar surface area (TPSA) is 69.8 Å². The zero-order valence-corrected chi connectivity index (χ0v) is 17.7. The van der Waals surface area contributed by atoms with Crippen molar-refractivity contribution < 1.29 is 4.79 Å². The zero-order valence-electron chi connectivity index (χ0n) is 16.1. The number of carbonyl (C=O) groups excluding carboxylic acids is 1. The molecule has 2 aromatic carbocycles. The highest BCUT2D eigenvalue weighted by Crippen LogP contribution is 2.33. The van der Waals surface area contributed by atoms with Crippen LogP contribution in [0.5, 0.6) is 0 Å². The molecule has 2 fully saturated rings. The smallest absolute Gasteiger partial charge is 0.224 e. The number of hydrogen-bond acceptors (Lipinski definition) is 3. The molecule has 0 aliphatic carbocycles. The standard InChI is InChI=1S/C22H24N4O.2ClH/c27-21(12-14-10-17-8-9-18(11-14)23-17)24-16-5-3-4-15(13-16)22-25-19-6-1-2-7-20(19)26-22;;/h1-7,13-14,17-18,23H,8-12H2,(H,24,27)(H,25,26);2*1H. The van der Waals surface area contributed by atoms with Crippen molar-refractivity contribution in [3.8, 4) is 11.4 Å². The molecule has 2 aliphatic heterocycles. The van der Waals surface area contributed by atoms with E-state index in [1.165, 1.54) is 12.8 Å². The van der Waals surface area contributed by atoms with Gasteiger partial charge in [0.2, 0.25) is 5.91 Å². The predicted molar refractivity (Wildman–Crippen MR) is 122 cm³/mol. The number of anilines is 1. The SMILES string of the molecule is Cl.Cl.O=C(CC1CC2CCC(C1)N2)Nc1cccc(-c2nc3ccccc3[nH]2)c1. The van der Waals surface area contributed by atoms with E-state index in [4.69, 9.17) is 0 Å². The Morgan fingerprint density at radius 2 is 1.79 bits per heavy atom. The van der Waals surface area contributed by atoms with Crippen LogP contribution < -0.4 is 10.6 Å². The molecule has 2 bridgehead atoms. The molecule has 2 aliphatic rings. The van der Waals surface area contributed by atoms with Crippen molar-refractivity contribution in [2.45, 2.75) is 44.2 Å². The minimum atomic E-state index is 0. The predicted octanol–water partition coefficient (Wildman–Crippen LogP) is 4.93. The lowest BCUT2D eigenvalue weighted by molar-refractivity contribution is -0.117. The van der Waals surface area contributed by atoms with E-state index < -0.39 is 0 Å². The second kappa shape index (κ2) is 9.16. The van der Waals surface area contributed by atoms with Crippen LogP contribution in [0.15, 0.2) is 48.5 Å². The van der Waals surface area contributed by atoms with Crippen LogP contribution in [0.4, 0.5) is 5.69 Å². The van der Waals surface area contributed by atoms with E-state index in [0.29, 0.717) is 24.4 Å². The first-order valence-corrected chi connectivity index (χ1v) is 9.84. The third-order valence-corrected chi connectivity index (χ3v) is 5.85. The number of nitrogens with zero attached hydrogens (tertiary/aromatic N) is 1. The van der Waals surface area contributed by atoms with Gasteiger partial charge in [-0.1, -0.05) is 24.3 Å². The van der Waals surface area contributed by atoms with Crippen molar-refractivity contribution in [3.63, 3.8) is 0 Å². The Balaban J connectivity index is 0.00000120. The van der Waals surface area contributed by atoms with Crippen LogP contribution in [0.2, 0.25) is 0 Å². The fraction of sp³-hybridized carbons (Fsp3) is 0.364. The van der Waals surface area contributed by atoms with E-state index in [0.717, 1.165) is 41.0 Å². The minimum absolute atomic E-state index is 0. The van der Waals surface area contributed by atoms with Gasteiger partial charge < -0.3 is 15.6 Å². The van der Waals surface area contributed by atoms with Crippen molar-refractivity contribution in [1.82, 2.24) is 15.3 Å². The summed E-state index contributed by atoms with van der Waals surface area (Å²) in [6.45, 7) is 0. The first kappa shape index (κ1) is 21.6. The molecule has 3 heterocycles. The van der Waals surface area contributed by atoms with Crippen molar-refractivity contribution in [3.05, 3.63) is 48.5 Å². The number of hydrogen-bond donors (Lipinski definition) is 3. The summed E-state index contributed by atoms with van der Waals surface area (Å²) >= 11 is 0. The van der Waals surface area contributed by atoms with Crippen LogP contribution in [-0.2, 0) is 4.79 Å². The second-order valence-corrected chi connectivity index (χ2v) is 7.91. The highest BCUT2D eigenvalue weighted by Gasteiger charge is 2.34. The molecule has 0 saturated carbocycles. The summed E-state index contributed by atoms with van der Waals surface area (Å²) < 4.78 is 0. The van der Waals surface area contributed by atoms with E-state index in [2.05, 4.69) is 20.6 Å². The normalized spacial score (nSPS) is 22.6. The highest BCUT2D eigenvalue weighted by atomic mass is 35.5. The molecule has 3 N–H and O–H groups in total. The first-order valence-electron chi connectivity index (χ1n) is 9.84. The van der Waals surface area contributed by atoms with Gasteiger partial charge in [-0.25, -0.2) is 4.98 Å². The van der Waals surface area contributed by atoms with Crippen LogP contribution in [0.3, 0.4) is 0 Å². The number of fused-ring (bicyclic) bond motifs is 3. The number of carbonyl (C=O) groups is 1. The number of imidazole rings is 1. The maximum atomic E-state index is 12.5. The summed E-state index contributed by atoms with van der Waals surface area (Å²) in [5.41, 5.74) is 3.77. The summed E-state index contributed by atoms with van der Waals surface area (Å²) in [4.78, 5) is 20.5. The fourth-order valence-corrected chi connectivity index (χ4v) is 4.65. The minimum Gasteiger partial charge on any atom is -0.338 e. The molecule has 0 radical (unpaired) electrons. The van der Waals surface area contributed by atoms with Crippen molar-refractivity contribution in [2.75, 3.05) is 5.32 Å². The third-order valence-electron chi connectivity index (χ3n) is 5.85. The number of amides is 1. The molecule has 2 atom stereocenters. The molecule has 2 unspecified atom stereocenters.